The Morgan fingerprint density at radius 3 is 2.89 bits per heavy atom. The maximum absolute atomic E-state index is 12.2. The zero-order valence-corrected chi connectivity index (χ0v) is 11.8. The summed E-state index contributed by atoms with van der Waals surface area (Å²) < 4.78 is 15.8. The van der Waals surface area contributed by atoms with Crippen LogP contribution in [0.4, 0.5) is 0 Å². The summed E-state index contributed by atoms with van der Waals surface area (Å²) in [7, 11) is 1.59. The summed E-state index contributed by atoms with van der Waals surface area (Å²) in [6.07, 6.45) is 4.38. The molecule has 0 bridgehead atoms. The van der Waals surface area contributed by atoms with Gasteiger partial charge in [0.1, 0.15) is 6.79 Å². The van der Waals surface area contributed by atoms with E-state index in [4.69, 9.17) is 14.2 Å². The van der Waals surface area contributed by atoms with E-state index in [9.17, 15) is 4.79 Å². The maximum Gasteiger partial charge on any atom is 0.314 e. The maximum atomic E-state index is 12.2. The first-order valence-corrected chi connectivity index (χ1v) is 6.48. The number of rotatable bonds is 5. The van der Waals surface area contributed by atoms with Crippen molar-refractivity contribution in [1.29, 1.82) is 0 Å². The van der Waals surface area contributed by atoms with Crippen LogP contribution < -0.4 is 0 Å². The number of hydrogen-bond donors (Lipinski definition) is 0. The standard InChI is InChI=1S/C14H24O4/c1-5-17-13(15)14(3)9-8-11(2)6-7-12(14)18-10-16-4/h8,12H,5-7,9-10H2,1-4H3. The molecule has 0 saturated heterocycles. The monoisotopic (exact) mass is 256 g/mol. The molecular formula is C14H24O4. The summed E-state index contributed by atoms with van der Waals surface area (Å²) in [5.41, 5.74) is 0.681. The Morgan fingerprint density at radius 2 is 2.28 bits per heavy atom. The molecule has 2 atom stereocenters. The van der Waals surface area contributed by atoms with Gasteiger partial charge in [0.2, 0.25) is 0 Å². The van der Waals surface area contributed by atoms with Crippen molar-refractivity contribution in [3.63, 3.8) is 0 Å². The van der Waals surface area contributed by atoms with Crippen LogP contribution in [0.1, 0.15) is 40.0 Å². The first-order chi connectivity index (χ1) is 8.54. The lowest BCUT2D eigenvalue weighted by Crippen LogP contribution is -2.42. The van der Waals surface area contributed by atoms with E-state index in [0.717, 1.165) is 12.8 Å². The summed E-state index contributed by atoms with van der Waals surface area (Å²) in [4.78, 5) is 12.2. The average Bonchev–Trinajstić information content (AvgIpc) is 2.49. The molecule has 0 radical (unpaired) electrons. The van der Waals surface area contributed by atoms with E-state index in [0.29, 0.717) is 13.0 Å². The van der Waals surface area contributed by atoms with Crippen molar-refractivity contribution < 1.29 is 19.0 Å². The van der Waals surface area contributed by atoms with Crippen LogP contribution in [0, 0.1) is 5.41 Å². The average molecular weight is 256 g/mol. The summed E-state index contributed by atoms with van der Waals surface area (Å²) >= 11 is 0. The lowest BCUT2D eigenvalue weighted by Gasteiger charge is -2.33. The second-order valence-electron chi connectivity index (χ2n) is 4.99. The van der Waals surface area contributed by atoms with Crippen molar-refractivity contribution >= 4 is 5.97 Å². The van der Waals surface area contributed by atoms with Crippen LogP contribution >= 0.6 is 0 Å². The summed E-state index contributed by atoms with van der Waals surface area (Å²) in [6.45, 7) is 6.43. The number of carbonyl (C=O) groups excluding carboxylic acids is 1. The molecule has 2 unspecified atom stereocenters. The Balaban J connectivity index is 2.86. The fourth-order valence-electron chi connectivity index (χ4n) is 2.23. The van der Waals surface area contributed by atoms with Crippen LogP contribution in [0.2, 0.25) is 0 Å². The van der Waals surface area contributed by atoms with Crippen molar-refractivity contribution in [3.8, 4) is 0 Å². The van der Waals surface area contributed by atoms with Crippen LogP contribution in [0.15, 0.2) is 11.6 Å². The minimum atomic E-state index is -0.619. The van der Waals surface area contributed by atoms with E-state index >= 15 is 0 Å². The molecule has 0 spiro atoms. The molecule has 104 valence electrons. The SMILES string of the molecule is CCOC(=O)C1(C)CC=C(C)CCC1OCOC. The molecule has 4 nitrogen and oxygen atoms in total. The molecule has 0 heterocycles. The second kappa shape index (κ2) is 6.90. The lowest BCUT2D eigenvalue weighted by molar-refractivity contribution is -0.172. The van der Waals surface area contributed by atoms with E-state index in [-0.39, 0.29) is 18.9 Å². The van der Waals surface area contributed by atoms with Gasteiger partial charge in [-0.15, -0.1) is 0 Å². The van der Waals surface area contributed by atoms with Gasteiger partial charge in [-0.05, 0) is 40.0 Å². The Hall–Kier alpha value is -0.870. The highest BCUT2D eigenvalue weighted by Gasteiger charge is 2.43. The van der Waals surface area contributed by atoms with Crippen molar-refractivity contribution in [3.05, 3.63) is 11.6 Å². The van der Waals surface area contributed by atoms with Crippen molar-refractivity contribution in [2.24, 2.45) is 5.41 Å². The Kier molecular flexibility index (Phi) is 5.82. The third kappa shape index (κ3) is 3.56. The van der Waals surface area contributed by atoms with Crippen LogP contribution in [-0.4, -0.2) is 32.6 Å². The van der Waals surface area contributed by atoms with E-state index in [1.54, 1.807) is 7.11 Å². The molecule has 0 aromatic carbocycles. The minimum Gasteiger partial charge on any atom is -0.465 e. The molecule has 0 fully saturated rings. The first-order valence-electron chi connectivity index (χ1n) is 6.48. The van der Waals surface area contributed by atoms with Gasteiger partial charge in [0, 0.05) is 7.11 Å². The van der Waals surface area contributed by atoms with Crippen LogP contribution in [0.25, 0.3) is 0 Å². The van der Waals surface area contributed by atoms with Crippen LogP contribution in [-0.2, 0) is 19.0 Å². The summed E-state index contributed by atoms with van der Waals surface area (Å²) in [5.74, 6) is -0.183. The third-order valence-corrected chi connectivity index (χ3v) is 3.51. The van der Waals surface area contributed by atoms with Gasteiger partial charge >= 0.3 is 5.97 Å². The van der Waals surface area contributed by atoms with Crippen molar-refractivity contribution in [2.45, 2.75) is 46.1 Å². The quantitative estimate of drug-likeness (QED) is 0.431. The van der Waals surface area contributed by atoms with Crippen LogP contribution in [0.3, 0.4) is 0 Å². The summed E-state index contributed by atoms with van der Waals surface area (Å²) in [5, 5.41) is 0. The highest BCUT2D eigenvalue weighted by atomic mass is 16.7. The molecule has 0 saturated carbocycles. The third-order valence-electron chi connectivity index (χ3n) is 3.51. The van der Waals surface area contributed by atoms with Gasteiger partial charge in [0.25, 0.3) is 0 Å². The number of hydrogen-bond acceptors (Lipinski definition) is 4. The molecule has 0 aromatic rings. The smallest absolute Gasteiger partial charge is 0.314 e. The van der Waals surface area contributed by atoms with Gasteiger partial charge in [0.15, 0.2) is 0 Å². The van der Waals surface area contributed by atoms with Gasteiger partial charge in [0.05, 0.1) is 18.1 Å². The minimum absolute atomic E-state index is 0.162. The number of carbonyl (C=O) groups is 1. The van der Waals surface area contributed by atoms with Gasteiger partial charge in [-0.3, -0.25) is 4.79 Å². The van der Waals surface area contributed by atoms with Crippen LogP contribution in [0.5, 0.6) is 0 Å². The fraction of sp³-hybridized carbons (Fsp3) is 0.786. The molecule has 0 N–H and O–H groups in total. The van der Waals surface area contributed by atoms with Gasteiger partial charge in [-0.2, -0.15) is 0 Å². The van der Waals surface area contributed by atoms with E-state index < -0.39 is 5.41 Å². The molecule has 4 heteroatoms. The van der Waals surface area contributed by atoms with Crippen molar-refractivity contribution in [1.82, 2.24) is 0 Å². The van der Waals surface area contributed by atoms with Gasteiger partial charge in [-0.1, -0.05) is 11.6 Å². The van der Waals surface area contributed by atoms with Gasteiger partial charge in [-0.25, -0.2) is 0 Å². The largest absolute Gasteiger partial charge is 0.465 e. The molecule has 0 aliphatic heterocycles. The zero-order valence-electron chi connectivity index (χ0n) is 11.8. The van der Waals surface area contributed by atoms with E-state index in [1.807, 2.05) is 13.8 Å². The predicted octanol–water partition coefficient (Wildman–Crippen LogP) is 2.68. The lowest BCUT2D eigenvalue weighted by atomic mass is 9.80. The zero-order chi connectivity index (χ0) is 13.6. The molecule has 1 aliphatic carbocycles. The molecule has 0 aromatic heterocycles. The Morgan fingerprint density at radius 1 is 1.56 bits per heavy atom. The Labute approximate surface area is 109 Å². The fourth-order valence-corrected chi connectivity index (χ4v) is 2.23. The van der Waals surface area contributed by atoms with E-state index in [1.165, 1.54) is 5.57 Å². The van der Waals surface area contributed by atoms with Gasteiger partial charge < -0.3 is 14.2 Å². The number of esters is 1. The normalized spacial score (nSPS) is 28.4. The second-order valence-corrected chi connectivity index (χ2v) is 4.99. The number of ether oxygens (including phenoxy) is 3. The Bertz CT molecular complexity index is 311. The molecular weight excluding hydrogens is 232 g/mol. The number of methoxy groups -OCH3 is 1. The predicted molar refractivity (Wildman–Crippen MR) is 69.1 cm³/mol. The summed E-state index contributed by atoms with van der Waals surface area (Å²) in [6, 6.07) is 0. The van der Waals surface area contributed by atoms with E-state index in [2.05, 4.69) is 13.0 Å². The number of allylic oxidation sites excluding steroid dienone is 2. The highest BCUT2D eigenvalue weighted by Crippen LogP contribution is 2.37. The first kappa shape index (κ1) is 15.2. The molecule has 1 aliphatic rings. The molecule has 18 heavy (non-hydrogen) atoms. The van der Waals surface area contributed by atoms with Crippen molar-refractivity contribution in [2.75, 3.05) is 20.5 Å². The highest BCUT2D eigenvalue weighted by molar-refractivity contribution is 5.77. The molecule has 1 rings (SSSR count). The molecule has 0 amide bonds. The topological polar surface area (TPSA) is 44.8 Å².